The number of ether oxygens (including phenoxy) is 1. The minimum Gasteiger partial charge on any atom is -0.372 e. The number of carbonyl (C=O) groups excluding carboxylic acids is 1. The van der Waals surface area contributed by atoms with E-state index in [2.05, 4.69) is 10.3 Å². The first-order chi connectivity index (χ1) is 9.86. The van der Waals surface area contributed by atoms with Crippen LogP contribution in [0.4, 0.5) is 4.79 Å². The fourth-order valence-corrected chi connectivity index (χ4v) is 2.72. The summed E-state index contributed by atoms with van der Waals surface area (Å²) in [5.41, 5.74) is 2.17. The van der Waals surface area contributed by atoms with Crippen molar-refractivity contribution >= 4 is 6.03 Å². The van der Waals surface area contributed by atoms with Crippen molar-refractivity contribution in [3.63, 3.8) is 0 Å². The molecule has 2 N–H and O–H groups in total. The summed E-state index contributed by atoms with van der Waals surface area (Å²) in [7, 11) is 0. The van der Waals surface area contributed by atoms with Crippen molar-refractivity contribution in [3.05, 3.63) is 33.2 Å². The van der Waals surface area contributed by atoms with Gasteiger partial charge in [-0.1, -0.05) is 0 Å². The van der Waals surface area contributed by atoms with Crippen LogP contribution in [-0.2, 0) is 11.3 Å². The Morgan fingerprint density at radius 3 is 2.57 bits per heavy atom. The lowest BCUT2D eigenvalue weighted by Crippen LogP contribution is -2.51. The Morgan fingerprint density at radius 2 is 2.00 bits per heavy atom. The molecular weight excluding hydrogens is 270 g/mol. The van der Waals surface area contributed by atoms with Crippen molar-refractivity contribution in [3.8, 4) is 0 Å². The van der Waals surface area contributed by atoms with Crippen LogP contribution in [0.15, 0.2) is 10.9 Å². The van der Waals surface area contributed by atoms with Crippen LogP contribution in [0.1, 0.15) is 30.7 Å². The summed E-state index contributed by atoms with van der Waals surface area (Å²) < 4.78 is 5.60. The first kappa shape index (κ1) is 15.6. The molecular formula is C15H23N3O3. The van der Waals surface area contributed by atoms with E-state index in [1.54, 1.807) is 4.90 Å². The van der Waals surface area contributed by atoms with Crippen LogP contribution in [0.3, 0.4) is 0 Å². The average Bonchev–Trinajstić information content (AvgIpc) is 2.35. The van der Waals surface area contributed by atoms with Crippen LogP contribution in [0.5, 0.6) is 0 Å². The van der Waals surface area contributed by atoms with E-state index in [0.717, 1.165) is 11.3 Å². The molecule has 2 amide bonds. The number of hydrogen-bond donors (Lipinski definition) is 2. The van der Waals surface area contributed by atoms with Crippen LogP contribution in [0.25, 0.3) is 0 Å². The Kier molecular flexibility index (Phi) is 4.67. The van der Waals surface area contributed by atoms with Gasteiger partial charge in [-0.2, -0.15) is 0 Å². The number of aryl methyl sites for hydroxylation is 2. The molecule has 0 spiro atoms. The Balaban J connectivity index is 2.00. The minimum absolute atomic E-state index is 0.0315. The number of amides is 2. The summed E-state index contributed by atoms with van der Waals surface area (Å²) >= 11 is 0. The maximum atomic E-state index is 12.2. The van der Waals surface area contributed by atoms with Gasteiger partial charge in [0.25, 0.3) is 5.56 Å². The largest absolute Gasteiger partial charge is 0.372 e. The van der Waals surface area contributed by atoms with E-state index in [-0.39, 0.29) is 30.3 Å². The van der Waals surface area contributed by atoms with Crippen molar-refractivity contribution < 1.29 is 9.53 Å². The predicted octanol–water partition coefficient (Wildman–Crippen LogP) is 1.31. The van der Waals surface area contributed by atoms with E-state index >= 15 is 0 Å². The lowest BCUT2D eigenvalue weighted by Gasteiger charge is -2.35. The third-order valence-electron chi connectivity index (χ3n) is 3.62. The van der Waals surface area contributed by atoms with Gasteiger partial charge in [0.15, 0.2) is 0 Å². The number of hydrogen-bond acceptors (Lipinski definition) is 3. The van der Waals surface area contributed by atoms with Crippen molar-refractivity contribution in [2.24, 2.45) is 0 Å². The zero-order valence-corrected chi connectivity index (χ0v) is 13.0. The highest BCUT2D eigenvalue weighted by molar-refractivity contribution is 5.74. The van der Waals surface area contributed by atoms with E-state index in [4.69, 9.17) is 4.74 Å². The van der Waals surface area contributed by atoms with Crippen LogP contribution >= 0.6 is 0 Å². The van der Waals surface area contributed by atoms with E-state index in [0.29, 0.717) is 18.7 Å². The third kappa shape index (κ3) is 3.85. The second kappa shape index (κ2) is 6.30. The van der Waals surface area contributed by atoms with E-state index < -0.39 is 0 Å². The van der Waals surface area contributed by atoms with Crippen molar-refractivity contribution in [1.29, 1.82) is 0 Å². The van der Waals surface area contributed by atoms with Crippen molar-refractivity contribution in [1.82, 2.24) is 15.2 Å². The Labute approximate surface area is 124 Å². The molecule has 1 aliphatic heterocycles. The first-order valence-corrected chi connectivity index (χ1v) is 7.24. The summed E-state index contributed by atoms with van der Waals surface area (Å²) in [5, 5.41) is 2.82. The van der Waals surface area contributed by atoms with Gasteiger partial charge in [-0.25, -0.2) is 4.79 Å². The smallest absolute Gasteiger partial charge is 0.317 e. The Morgan fingerprint density at radius 1 is 1.38 bits per heavy atom. The molecule has 1 aromatic rings. The van der Waals surface area contributed by atoms with E-state index in [9.17, 15) is 9.59 Å². The predicted molar refractivity (Wildman–Crippen MR) is 80.4 cm³/mol. The summed E-state index contributed by atoms with van der Waals surface area (Å²) in [6.45, 7) is 8.99. The Hall–Kier alpha value is -1.82. The van der Waals surface area contributed by atoms with Crippen molar-refractivity contribution in [2.45, 2.75) is 46.4 Å². The third-order valence-corrected chi connectivity index (χ3v) is 3.62. The SMILES string of the molecule is Cc1cc(C)c(CNC(=O)N2CC(C)OC(C)C2)c(=O)[nH]1. The highest BCUT2D eigenvalue weighted by Gasteiger charge is 2.25. The van der Waals surface area contributed by atoms with Gasteiger partial charge in [0.2, 0.25) is 0 Å². The van der Waals surface area contributed by atoms with Crippen molar-refractivity contribution in [2.75, 3.05) is 13.1 Å². The number of rotatable bonds is 2. The number of H-pyrrole nitrogens is 1. The topological polar surface area (TPSA) is 74.4 Å². The standard InChI is InChI=1S/C15H23N3O3/c1-9-5-10(2)17-14(19)13(9)6-16-15(20)18-7-11(3)21-12(4)8-18/h5,11-12H,6-8H2,1-4H3,(H,16,20)(H,17,19). The zero-order chi connectivity index (χ0) is 15.6. The number of nitrogens with zero attached hydrogens (tertiary/aromatic N) is 1. The number of aromatic amines is 1. The summed E-state index contributed by atoms with van der Waals surface area (Å²) in [5.74, 6) is 0. The molecule has 0 radical (unpaired) electrons. The highest BCUT2D eigenvalue weighted by Crippen LogP contribution is 2.11. The quantitative estimate of drug-likeness (QED) is 0.863. The fraction of sp³-hybridized carbons (Fsp3) is 0.600. The molecule has 1 saturated heterocycles. The normalized spacial score (nSPS) is 22.2. The van der Waals surface area contributed by atoms with E-state index in [1.165, 1.54) is 0 Å². The minimum atomic E-state index is -0.156. The van der Waals surface area contributed by atoms with Crippen LogP contribution in [-0.4, -0.2) is 41.2 Å². The molecule has 0 aromatic carbocycles. The van der Waals surface area contributed by atoms with Gasteiger partial charge in [-0.15, -0.1) is 0 Å². The molecule has 0 aliphatic carbocycles. The lowest BCUT2D eigenvalue weighted by molar-refractivity contribution is -0.0545. The number of aromatic nitrogens is 1. The number of pyridine rings is 1. The van der Waals surface area contributed by atoms with Gasteiger partial charge in [-0.05, 0) is 39.3 Å². The molecule has 116 valence electrons. The molecule has 21 heavy (non-hydrogen) atoms. The highest BCUT2D eigenvalue weighted by atomic mass is 16.5. The summed E-state index contributed by atoms with van der Waals surface area (Å²) in [6.07, 6.45) is 0.0630. The Bertz CT molecular complexity index is 572. The molecule has 0 saturated carbocycles. The molecule has 2 heterocycles. The first-order valence-electron chi connectivity index (χ1n) is 7.24. The van der Waals surface area contributed by atoms with Gasteiger partial charge < -0.3 is 19.9 Å². The molecule has 1 fully saturated rings. The second-order valence-corrected chi connectivity index (χ2v) is 5.76. The molecule has 0 bridgehead atoms. The second-order valence-electron chi connectivity index (χ2n) is 5.76. The van der Waals surface area contributed by atoms with Crippen LogP contribution < -0.4 is 10.9 Å². The van der Waals surface area contributed by atoms with Gasteiger partial charge in [0.1, 0.15) is 0 Å². The maximum Gasteiger partial charge on any atom is 0.317 e. The van der Waals surface area contributed by atoms with Gasteiger partial charge in [0.05, 0.1) is 18.8 Å². The van der Waals surface area contributed by atoms with Gasteiger partial charge in [-0.3, -0.25) is 4.79 Å². The number of carbonyl (C=O) groups is 1. The molecule has 6 heteroatoms. The number of morpholine rings is 1. The molecule has 2 unspecified atom stereocenters. The maximum absolute atomic E-state index is 12.2. The van der Waals surface area contributed by atoms with Gasteiger partial charge >= 0.3 is 6.03 Å². The zero-order valence-electron chi connectivity index (χ0n) is 13.0. The molecule has 2 rings (SSSR count). The number of urea groups is 1. The lowest BCUT2D eigenvalue weighted by atomic mass is 10.1. The summed E-state index contributed by atoms with van der Waals surface area (Å²) in [6, 6.07) is 1.75. The van der Waals surface area contributed by atoms with Crippen LogP contribution in [0.2, 0.25) is 0 Å². The molecule has 6 nitrogen and oxygen atoms in total. The van der Waals surface area contributed by atoms with Gasteiger partial charge in [0, 0.05) is 24.3 Å². The van der Waals surface area contributed by atoms with E-state index in [1.807, 2.05) is 33.8 Å². The monoisotopic (exact) mass is 293 g/mol. The summed E-state index contributed by atoms with van der Waals surface area (Å²) in [4.78, 5) is 28.6. The van der Waals surface area contributed by atoms with Crippen LogP contribution in [0, 0.1) is 13.8 Å². The number of nitrogens with one attached hydrogen (secondary N) is 2. The molecule has 2 atom stereocenters. The average molecular weight is 293 g/mol. The molecule has 1 aromatic heterocycles. The molecule has 1 aliphatic rings. The fourth-order valence-electron chi connectivity index (χ4n) is 2.72.